The molecule has 0 aromatic carbocycles. The van der Waals surface area contributed by atoms with Crippen LogP contribution in [0.3, 0.4) is 0 Å². The molecule has 1 fully saturated rings. The zero-order valence-electron chi connectivity index (χ0n) is 22.7. The molecule has 1 saturated heterocycles. The second-order valence-corrected chi connectivity index (χ2v) is 9.27. The predicted molar refractivity (Wildman–Crippen MR) is 132 cm³/mol. The fraction of sp³-hybridized carbons (Fsp3) is 0.808. The standard InChI is InChI=1S/C26H43NO10/c1-6-7-8-9-10-11-12-13-14-15-22(32)27-23-25(35-19(4)30)24(34-18(3)29)21(16-33-17(2)28)37-26(23)36-20(5)31/h21,23-26H,6-16H2,1-5H3,(H,27,32)/t21-,23+,24+,25+,26-/m1/s1. The molecule has 11 nitrogen and oxygen atoms in total. The summed E-state index contributed by atoms with van der Waals surface area (Å²) in [5.74, 6) is -3.10. The molecule has 0 spiro atoms. The van der Waals surface area contributed by atoms with Crippen LogP contribution in [0.4, 0.5) is 0 Å². The molecule has 0 bridgehead atoms. The van der Waals surface area contributed by atoms with E-state index >= 15 is 0 Å². The molecule has 0 aliphatic carbocycles. The van der Waals surface area contributed by atoms with Gasteiger partial charge >= 0.3 is 23.9 Å². The van der Waals surface area contributed by atoms with Crippen LogP contribution in [0.25, 0.3) is 0 Å². The van der Waals surface area contributed by atoms with E-state index in [2.05, 4.69) is 12.2 Å². The molecule has 1 amide bonds. The molecular formula is C26H43NO10. The molecule has 1 heterocycles. The van der Waals surface area contributed by atoms with E-state index in [4.69, 9.17) is 23.7 Å². The van der Waals surface area contributed by atoms with Crippen LogP contribution in [0.5, 0.6) is 0 Å². The Bertz CT molecular complexity index is 756. The first-order valence-corrected chi connectivity index (χ1v) is 13.1. The van der Waals surface area contributed by atoms with Gasteiger partial charge in [-0.05, 0) is 6.42 Å². The van der Waals surface area contributed by atoms with Crippen LogP contribution in [0, 0.1) is 0 Å². The van der Waals surface area contributed by atoms with Crippen molar-refractivity contribution in [1.82, 2.24) is 5.32 Å². The van der Waals surface area contributed by atoms with Crippen LogP contribution < -0.4 is 5.32 Å². The van der Waals surface area contributed by atoms with Crippen molar-refractivity contribution in [3.63, 3.8) is 0 Å². The number of carbonyl (C=O) groups excluding carboxylic acids is 5. The smallest absolute Gasteiger partial charge is 0.305 e. The highest BCUT2D eigenvalue weighted by Gasteiger charge is 2.52. The van der Waals surface area contributed by atoms with Gasteiger partial charge < -0.3 is 29.0 Å². The summed E-state index contributed by atoms with van der Waals surface area (Å²) in [4.78, 5) is 59.6. The van der Waals surface area contributed by atoms with Crippen molar-refractivity contribution in [2.24, 2.45) is 0 Å². The summed E-state index contributed by atoms with van der Waals surface area (Å²) >= 11 is 0. The Hall–Kier alpha value is -2.69. The van der Waals surface area contributed by atoms with E-state index in [9.17, 15) is 24.0 Å². The van der Waals surface area contributed by atoms with E-state index in [0.29, 0.717) is 6.42 Å². The summed E-state index contributed by atoms with van der Waals surface area (Å²) in [5.41, 5.74) is 0. The SMILES string of the molecule is CCCCCCCCCCCC(=O)N[C@@H]1[C@H](OC(C)=O)O[C@H](COC(C)=O)[C@H](OC(C)=O)[C@H]1OC(C)=O. The molecule has 37 heavy (non-hydrogen) atoms. The predicted octanol–water partition coefficient (Wildman–Crippen LogP) is 3.11. The fourth-order valence-electron chi connectivity index (χ4n) is 4.17. The van der Waals surface area contributed by atoms with Gasteiger partial charge in [-0.2, -0.15) is 0 Å². The highest BCUT2D eigenvalue weighted by Crippen LogP contribution is 2.28. The van der Waals surface area contributed by atoms with Gasteiger partial charge in [0.2, 0.25) is 12.2 Å². The highest BCUT2D eigenvalue weighted by atomic mass is 16.7. The number of unbranched alkanes of at least 4 members (excludes halogenated alkanes) is 8. The Morgan fingerprint density at radius 2 is 1.19 bits per heavy atom. The zero-order valence-corrected chi connectivity index (χ0v) is 22.7. The fourth-order valence-corrected chi connectivity index (χ4v) is 4.17. The average Bonchev–Trinajstić information content (AvgIpc) is 2.79. The Morgan fingerprint density at radius 1 is 0.676 bits per heavy atom. The summed E-state index contributed by atoms with van der Waals surface area (Å²) in [6.07, 6.45) is 5.08. The maximum atomic E-state index is 12.8. The number of nitrogens with one attached hydrogen (secondary N) is 1. The Balaban J connectivity index is 2.89. The first kappa shape index (κ1) is 32.3. The zero-order chi connectivity index (χ0) is 27.8. The van der Waals surface area contributed by atoms with Gasteiger partial charge in [0.15, 0.2) is 12.2 Å². The third-order valence-electron chi connectivity index (χ3n) is 5.82. The molecule has 5 atom stereocenters. The van der Waals surface area contributed by atoms with Crippen LogP contribution in [0.15, 0.2) is 0 Å². The topological polar surface area (TPSA) is 144 Å². The molecule has 0 aromatic rings. The van der Waals surface area contributed by atoms with Crippen LogP contribution >= 0.6 is 0 Å². The number of carbonyl (C=O) groups is 5. The van der Waals surface area contributed by atoms with Gasteiger partial charge in [0.05, 0.1) is 0 Å². The quantitative estimate of drug-likeness (QED) is 0.180. The minimum atomic E-state index is -1.37. The lowest BCUT2D eigenvalue weighted by atomic mass is 9.95. The van der Waals surface area contributed by atoms with Crippen LogP contribution in [-0.4, -0.2) is 67.0 Å². The Labute approximate surface area is 219 Å². The maximum absolute atomic E-state index is 12.8. The van der Waals surface area contributed by atoms with Crippen LogP contribution in [0.1, 0.15) is 98.8 Å². The highest BCUT2D eigenvalue weighted by molar-refractivity contribution is 5.76. The first-order valence-electron chi connectivity index (χ1n) is 13.1. The lowest BCUT2D eigenvalue weighted by molar-refractivity contribution is -0.271. The summed E-state index contributed by atoms with van der Waals surface area (Å²) in [7, 11) is 0. The number of hydrogen-bond acceptors (Lipinski definition) is 10. The van der Waals surface area contributed by atoms with Gasteiger partial charge in [0.25, 0.3) is 0 Å². The number of esters is 4. The van der Waals surface area contributed by atoms with E-state index in [1.807, 2.05) is 0 Å². The van der Waals surface area contributed by atoms with Gasteiger partial charge in [-0.25, -0.2) is 0 Å². The largest absolute Gasteiger partial charge is 0.463 e. The van der Waals surface area contributed by atoms with E-state index in [0.717, 1.165) is 40.0 Å². The summed E-state index contributed by atoms with van der Waals surface area (Å²) in [6.45, 7) is 6.48. The molecule has 0 unspecified atom stereocenters. The van der Waals surface area contributed by atoms with Crippen molar-refractivity contribution in [2.45, 2.75) is 129 Å². The third kappa shape index (κ3) is 13.4. The molecule has 0 radical (unpaired) electrons. The van der Waals surface area contributed by atoms with E-state index in [-0.39, 0.29) is 18.9 Å². The van der Waals surface area contributed by atoms with E-state index < -0.39 is 54.5 Å². The summed E-state index contributed by atoms with van der Waals surface area (Å²) < 4.78 is 26.8. The molecule has 212 valence electrons. The third-order valence-corrected chi connectivity index (χ3v) is 5.82. The molecule has 1 aliphatic heterocycles. The van der Waals surface area contributed by atoms with Gasteiger partial charge in [-0.3, -0.25) is 24.0 Å². The van der Waals surface area contributed by atoms with Crippen LogP contribution in [-0.2, 0) is 47.7 Å². The molecule has 0 saturated carbocycles. The number of ether oxygens (including phenoxy) is 5. The molecular weight excluding hydrogens is 486 g/mol. The number of hydrogen-bond donors (Lipinski definition) is 1. The summed E-state index contributed by atoms with van der Waals surface area (Å²) in [5, 5.41) is 2.73. The van der Waals surface area contributed by atoms with Gasteiger partial charge in [-0.1, -0.05) is 58.3 Å². The monoisotopic (exact) mass is 529 g/mol. The van der Waals surface area contributed by atoms with E-state index in [1.165, 1.54) is 39.0 Å². The van der Waals surface area contributed by atoms with Gasteiger partial charge in [0, 0.05) is 34.1 Å². The molecule has 11 heteroatoms. The molecule has 0 aromatic heterocycles. The maximum Gasteiger partial charge on any atom is 0.305 e. The average molecular weight is 530 g/mol. The van der Waals surface area contributed by atoms with Gasteiger partial charge in [0.1, 0.15) is 18.8 Å². The van der Waals surface area contributed by atoms with Crippen LogP contribution in [0.2, 0.25) is 0 Å². The van der Waals surface area contributed by atoms with Crippen molar-refractivity contribution in [3.8, 4) is 0 Å². The molecule has 1 rings (SSSR count). The second kappa shape index (κ2) is 17.7. The Morgan fingerprint density at radius 3 is 1.70 bits per heavy atom. The second-order valence-electron chi connectivity index (χ2n) is 9.27. The van der Waals surface area contributed by atoms with Crippen molar-refractivity contribution >= 4 is 29.8 Å². The van der Waals surface area contributed by atoms with Crippen molar-refractivity contribution in [1.29, 1.82) is 0 Å². The molecule has 1 N–H and O–H groups in total. The molecule has 1 aliphatic rings. The van der Waals surface area contributed by atoms with Crippen molar-refractivity contribution in [3.05, 3.63) is 0 Å². The first-order chi connectivity index (χ1) is 17.5. The Kier molecular flexibility index (Phi) is 15.5. The van der Waals surface area contributed by atoms with Crippen molar-refractivity contribution < 1.29 is 47.7 Å². The number of amides is 1. The minimum Gasteiger partial charge on any atom is -0.463 e. The van der Waals surface area contributed by atoms with Gasteiger partial charge in [-0.15, -0.1) is 0 Å². The normalized spacial score (nSPS) is 23.0. The lowest BCUT2D eigenvalue weighted by Gasteiger charge is -2.44. The lowest BCUT2D eigenvalue weighted by Crippen LogP contribution is -2.67. The minimum absolute atomic E-state index is 0.209. The van der Waals surface area contributed by atoms with E-state index in [1.54, 1.807) is 0 Å². The summed E-state index contributed by atoms with van der Waals surface area (Å²) in [6, 6.07) is -1.16. The van der Waals surface area contributed by atoms with Crippen molar-refractivity contribution in [2.75, 3.05) is 6.61 Å². The number of rotatable bonds is 16.